The van der Waals surface area contributed by atoms with Gasteiger partial charge in [0.1, 0.15) is 12.4 Å². The Bertz CT molecular complexity index is 305. The van der Waals surface area contributed by atoms with Crippen molar-refractivity contribution in [2.75, 3.05) is 13.2 Å². The molecule has 3 nitrogen and oxygen atoms in total. The highest BCUT2D eigenvalue weighted by Crippen LogP contribution is 2.09. The van der Waals surface area contributed by atoms with Crippen LogP contribution in [0.5, 0.6) is 0 Å². The van der Waals surface area contributed by atoms with Crippen molar-refractivity contribution >= 4 is 0 Å². The largest absolute Gasteiger partial charge is 0.467 e. The van der Waals surface area contributed by atoms with Crippen LogP contribution in [0.4, 0.5) is 0 Å². The van der Waals surface area contributed by atoms with Crippen LogP contribution in [0, 0.1) is 5.92 Å². The minimum absolute atomic E-state index is 0.510. The minimum atomic E-state index is 0.510. The molecular weight excluding hydrogens is 202 g/mol. The van der Waals surface area contributed by atoms with Crippen LogP contribution in [0.1, 0.15) is 25.2 Å². The Morgan fingerprint density at radius 2 is 2.38 bits per heavy atom. The van der Waals surface area contributed by atoms with Crippen molar-refractivity contribution in [1.29, 1.82) is 0 Å². The summed E-state index contributed by atoms with van der Waals surface area (Å²) in [6.45, 7) is 10.9. The summed E-state index contributed by atoms with van der Waals surface area (Å²) in [4.78, 5) is 0. The fourth-order valence-corrected chi connectivity index (χ4v) is 1.34. The molecule has 3 heteroatoms. The van der Waals surface area contributed by atoms with Crippen molar-refractivity contribution in [2.24, 2.45) is 5.92 Å². The first-order chi connectivity index (χ1) is 7.72. The first-order valence-electron chi connectivity index (χ1n) is 5.68. The second-order valence-electron chi connectivity index (χ2n) is 4.25. The van der Waals surface area contributed by atoms with E-state index in [4.69, 9.17) is 9.15 Å². The smallest absolute Gasteiger partial charge is 0.129 e. The van der Waals surface area contributed by atoms with Gasteiger partial charge in [0.15, 0.2) is 0 Å². The molecule has 1 aromatic rings. The van der Waals surface area contributed by atoms with Gasteiger partial charge < -0.3 is 14.5 Å². The van der Waals surface area contributed by atoms with E-state index >= 15 is 0 Å². The summed E-state index contributed by atoms with van der Waals surface area (Å²) < 4.78 is 10.7. The van der Waals surface area contributed by atoms with Gasteiger partial charge in [-0.15, -0.1) is 6.58 Å². The van der Waals surface area contributed by atoms with E-state index in [0.29, 0.717) is 19.1 Å². The van der Waals surface area contributed by atoms with Crippen LogP contribution in [-0.2, 0) is 17.9 Å². The van der Waals surface area contributed by atoms with Gasteiger partial charge in [0.25, 0.3) is 0 Å². The van der Waals surface area contributed by atoms with Crippen LogP contribution in [-0.4, -0.2) is 13.2 Å². The highest BCUT2D eigenvalue weighted by molar-refractivity contribution is 5.12. The molecule has 0 aliphatic heterocycles. The van der Waals surface area contributed by atoms with Gasteiger partial charge in [-0.3, -0.25) is 0 Å². The molecule has 0 aromatic carbocycles. The normalized spacial score (nSPS) is 10.9. The molecule has 0 saturated carbocycles. The van der Waals surface area contributed by atoms with E-state index in [9.17, 15) is 0 Å². The van der Waals surface area contributed by atoms with E-state index in [2.05, 4.69) is 25.7 Å². The number of hydrogen-bond donors (Lipinski definition) is 1. The quantitative estimate of drug-likeness (QED) is 0.543. The third kappa shape index (κ3) is 5.14. The van der Waals surface area contributed by atoms with Gasteiger partial charge in [-0.1, -0.05) is 19.9 Å². The Morgan fingerprint density at radius 3 is 3.06 bits per heavy atom. The number of rotatable bonds is 8. The average Bonchev–Trinajstić information content (AvgIpc) is 2.66. The fourth-order valence-electron chi connectivity index (χ4n) is 1.34. The van der Waals surface area contributed by atoms with E-state index in [0.717, 1.165) is 24.4 Å². The van der Waals surface area contributed by atoms with Gasteiger partial charge in [-0.2, -0.15) is 0 Å². The fraction of sp³-hybridized carbons (Fsp3) is 0.538. The van der Waals surface area contributed by atoms with Crippen LogP contribution in [0.3, 0.4) is 0 Å². The number of nitrogens with one attached hydrogen (secondary N) is 1. The van der Waals surface area contributed by atoms with Crippen molar-refractivity contribution in [3.8, 4) is 0 Å². The molecule has 1 heterocycles. The van der Waals surface area contributed by atoms with Crippen LogP contribution >= 0.6 is 0 Å². The summed E-state index contributed by atoms with van der Waals surface area (Å²) >= 11 is 0. The molecule has 0 bridgehead atoms. The number of ether oxygens (including phenoxy) is 1. The molecule has 0 aliphatic rings. The lowest BCUT2D eigenvalue weighted by Crippen LogP contribution is -2.18. The summed E-state index contributed by atoms with van der Waals surface area (Å²) in [5, 5.41) is 3.36. The lowest BCUT2D eigenvalue weighted by atomic mass is 10.2. The Hall–Kier alpha value is -1.06. The van der Waals surface area contributed by atoms with Crippen LogP contribution < -0.4 is 5.32 Å². The molecule has 0 aliphatic carbocycles. The van der Waals surface area contributed by atoms with Crippen molar-refractivity contribution in [1.82, 2.24) is 5.32 Å². The van der Waals surface area contributed by atoms with Crippen molar-refractivity contribution in [3.63, 3.8) is 0 Å². The van der Waals surface area contributed by atoms with Crippen molar-refractivity contribution < 1.29 is 9.15 Å². The molecule has 0 radical (unpaired) electrons. The van der Waals surface area contributed by atoms with Crippen LogP contribution in [0.25, 0.3) is 0 Å². The van der Waals surface area contributed by atoms with Crippen LogP contribution in [0.15, 0.2) is 29.4 Å². The Balaban J connectivity index is 2.25. The van der Waals surface area contributed by atoms with E-state index in [-0.39, 0.29) is 0 Å². The summed E-state index contributed by atoms with van der Waals surface area (Å²) in [6.07, 6.45) is 3.51. The first kappa shape index (κ1) is 13.0. The summed E-state index contributed by atoms with van der Waals surface area (Å²) in [7, 11) is 0. The third-order valence-electron chi connectivity index (χ3n) is 2.07. The predicted molar refractivity (Wildman–Crippen MR) is 65.1 cm³/mol. The van der Waals surface area contributed by atoms with Crippen LogP contribution in [0.2, 0.25) is 0 Å². The zero-order chi connectivity index (χ0) is 11.8. The standard InChI is InChI=1S/C13H21NO2/c1-4-5-15-10-13-6-12(9-16-13)8-14-7-11(2)3/h4,6,9,11,14H,1,5,7-8,10H2,2-3H3. The molecule has 0 spiro atoms. The SMILES string of the molecule is C=CCOCc1cc(CNCC(C)C)co1. The highest BCUT2D eigenvalue weighted by Gasteiger charge is 2.01. The molecule has 1 rings (SSSR count). The molecule has 16 heavy (non-hydrogen) atoms. The van der Waals surface area contributed by atoms with Crippen molar-refractivity contribution in [2.45, 2.75) is 27.0 Å². The van der Waals surface area contributed by atoms with Crippen molar-refractivity contribution in [3.05, 3.63) is 36.3 Å². The van der Waals surface area contributed by atoms with Gasteiger partial charge >= 0.3 is 0 Å². The average molecular weight is 223 g/mol. The van der Waals surface area contributed by atoms with Gasteiger partial charge in [0.2, 0.25) is 0 Å². The predicted octanol–water partition coefficient (Wildman–Crippen LogP) is 2.73. The highest BCUT2D eigenvalue weighted by atomic mass is 16.5. The summed E-state index contributed by atoms with van der Waals surface area (Å²) in [5.74, 6) is 1.53. The Kier molecular flexibility index (Phi) is 5.90. The number of furan rings is 1. The Labute approximate surface area is 97.5 Å². The van der Waals surface area contributed by atoms with E-state index in [1.54, 1.807) is 12.3 Å². The van der Waals surface area contributed by atoms with Gasteiger partial charge in [0.05, 0.1) is 12.9 Å². The monoisotopic (exact) mass is 223 g/mol. The van der Waals surface area contributed by atoms with E-state index in [1.165, 1.54) is 0 Å². The maximum atomic E-state index is 5.37. The van der Waals surface area contributed by atoms with E-state index < -0.39 is 0 Å². The zero-order valence-electron chi connectivity index (χ0n) is 10.2. The molecule has 0 fully saturated rings. The molecule has 0 amide bonds. The third-order valence-corrected chi connectivity index (χ3v) is 2.07. The second kappa shape index (κ2) is 7.25. The molecule has 0 unspecified atom stereocenters. The molecule has 1 aromatic heterocycles. The summed E-state index contributed by atoms with van der Waals surface area (Å²) in [6, 6.07) is 2.02. The topological polar surface area (TPSA) is 34.4 Å². The second-order valence-corrected chi connectivity index (χ2v) is 4.25. The van der Waals surface area contributed by atoms with Gasteiger partial charge in [-0.05, 0) is 18.5 Å². The molecule has 90 valence electrons. The van der Waals surface area contributed by atoms with Gasteiger partial charge in [-0.25, -0.2) is 0 Å². The first-order valence-corrected chi connectivity index (χ1v) is 5.68. The Morgan fingerprint density at radius 1 is 1.56 bits per heavy atom. The molecule has 0 atom stereocenters. The lowest BCUT2D eigenvalue weighted by molar-refractivity contribution is 0.132. The van der Waals surface area contributed by atoms with Gasteiger partial charge in [0, 0.05) is 12.1 Å². The number of hydrogen-bond acceptors (Lipinski definition) is 3. The minimum Gasteiger partial charge on any atom is -0.467 e. The maximum absolute atomic E-state index is 5.37. The van der Waals surface area contributed by atoms with E-state index in [1.807, 2.05) is 6.07 Å². The zero-order valence-corrected chi connectivity index (χ0v) is 10.2. The lowest BCUT2D eigenvalue weighted by Gasteiger charge is -2.04. The molecule has 1 N–H and O–H groups in total. The molecule has 0 saturated heterocycles. The summed E-state index contributed by atoms with van der Waals surface area (Å²) in [5.41, 5.74) is 1.16. The molecular formula is C13H21NO2. The maximum Gasteiger partial charge on any atom is 0.129 e.